The van der Waals surface area contributed by atoms with Gasteiger partial charge in [-0.2, -0.15) is 0 Å². The van der Waals surface area contributed by atoms with E-state index in [1.165, 1.54) is 48.0 Å². The van der Waals surface area contributed by atoms with Crippen LogP contribution in [0.15, 0.2) is 66.0 Å². The first-order valence-corrected chi connectivity index (χ1v) is 14.2. The first-order chi connectivity index (χ1) is 20.3. The summed E-state index contributed by atoms with van der Waals surface area (Å²) in [6.07, 6.45) is 0. The monoisotopic (exact) mass is 600 g/mol. The van der Waals surface area contributed by atoms with Gasteiger partial charge in [0, 0.05) is 38.0 Å². The predicted molar refractivity (Wildman–Crippen MR) is 152 cm³/mol. The lowest BCUT2D eigenvalue weighted by atomic mass is 10.0. The van der Waals surface area contributed by atoms with Crippen molar-refractivity contribution in [2.24, 2.45) is 0 Å². The molecule has 0 spiro atoms. The molecule has 2 aromatic rings. The van der Waals surface area contributed by atoms with Crippen LogP contribution in [0.1, 0.15) is 12.5 Å². The van der Waals surface area contributed by atoms with Crippen molar-refractivity contribution in [3.05, 3.63) is 81.7 Å². The fourth-order valence-electron chi connectivity index (χ4n) is 4.42. The van der Waals surface area contributed by atoms with Crippen molar-refractivity contribution < 1.29 is 38.3 Å². The molecule has 42 heavy (non-hydrogen) atoms. The number of rotatable bonds is 13. The van der Waals surface area contributed by atoms with Gasteiger partial charge in [0.15, 0.2) is 6.61 Å². The Kier molecular flexibility index (Phi) is 10.8. The second-order valence-corrected chi connectivity index (χ2v) is 10.4. The van der Waals surface area contributed by atoms with Gasteiger partial charge in [0.1, 0.15) is 29.5 Å². The third-order valence-electron chi connectivity index (χ3n) is 6.61. The minimum absolute atomic E-state index is 0.0449. The van der Waals surface area contributed by atoms with Gasteiger partial charge in [0.25, 0.3) is 17.5 Å². The van der Waals surface area contributed by atoms with Gasteiger partial charge < -0.3 is 29.2 Å². The number of carbonyl (C=O) groups is 3. The van der Waals surface area contributed by atoms with E-state index in [1.54, 1.807) is 31.2 Å². The zero-order valence-corrected chi connectivity index (χ0v) is 24.0. The number of benzene rings is 2. The summed E-state index contributed by atoms with van der Waals surface area (Å²) < 4.78 is 21.8. The number of non-ortho nitro benzene ring substituents is 1. The molecule has 2 aliphatic rings. The van der Waals surface area contributed by atoms with Crippen molar-refractivity contribution in [1.82, 2.24) is 15.1 Å². The number of hydrogen-bond donors (Lipinski definition) is 1. The lowest BCUT2D eigenvalue weighted by Crippen LogP contribution is -2.70. The number of likely N-dealkylation sites (tertiary alicyclic amines) is 1. The van der Waals surface area contributed by atoms with E-state index in [1.807, 2.05) is 11.0 Å². The quantitative estimate of drug-likeness (QED) is 0.0901. The van der Waals surface area contributed by atoms with Gasteiger partial charge >= 0.3 is 5.97 Å². The van der Waals surface area contributed by atoms with E-state index in [9.17, 15) is 24.5 Å². The van der Waals surface area contributed by atoms with Crippen LogP contribution in [0.5, 0.6) is 5.75 Å². The van der Waals surface area contributed by atoms with E-state index in [2.05, 4.69) is 5.32 Å². The summed E-state index contributed by atoms with van der Waals surface area (Å²) in [7, 11) is 1.51. The summed E-state index contributed by atoms with van der Waals surface area (Å²) in [6.45, 7) is 3.23. The molecular formula is C28H32N4O9S. The Morgan fingerprint density at radius 3 is 2.45 bits per heavy atom. The lowest BCUT2D eigenvalue weighted by Gasteiger charge is -2.47. The summed E-state index contributed by atoms with van der Waals surface area (Å²) in [5, 5.41) is 13.0. The molecular weight excluding hydrogens is 568 g/mol. The van der Waals surface area contributed by atoms with E-state index >= 15 is 0 Å². The molecule has 2 saturated heterocycles. The number of nitro benzene ring substituents is 1. The fraction of sp³-hybridized carbons (Fsp3) is 0.393. The fourth-order valence-corrected chi connectivity index (χ4v) is 5.43. The number of β-lactam (4-membered cyclic amide) rings is 1. The zero-order chi connectivity index (χ0) is 30.1. The molecule has 4 rings (SSSR count). The number of allylic oxidation sites excluding steroid dienone is 1. The highest BCUT2D eigenvalue weighted by atomic mass is 32.2. The molecule has 0 aromatic heterocycles. The third kappa shape index (κ3) is 7.57. The molecule has 0 saturated carbocycles. The average Bonchev–Trinajstić information content (AvgIpc) is 3.02. The first-order valence-electron chi connectivity index (χ1n) is 13.1. The Labute approximate surface area is 246 Å². The maximum absolute atomic E-state index is 13.6. The Morgan fingerprint density at radius 1 is 1.12 bits per heavy atom. The maximum Gasteiger partial charge on any atom is 0.357 e. The average molecular weight is 601 g/mol. The Bertz CT molecular complexity index is 1300. The number of esters is 1. The molecule has 0 radical (unpaired) electrons. The van der Waals surface area contributed by atoms with Crippen LogP contribution < -0.4 is 10.1 Å². The zero-order valence-electron chi connectivity index (χ0n) is 23.2. The van der Waals surface area contributed by atoms with E-state index in [0.29, 0.717) is 43.3 Å². The second-order valence-electron chi connectivity index (χ2n) is 9.35. The van der Waals surface area contributed by atoms with E-state index < -0.39 is 34.1 Å². The molecule has 2 fully saturated rings. The number of thioether (sulfide) groups is 1. The van der Waals surface area contributed by atoms with Crippen LogP contribution in [0.2, 0.25) is 0 Å². The number of morpholine rings is 1. The van der Waals surface area contributed by atoms with Crippen molar-refractivity contribution >= 4 is 35.2 Å². The number of para-hydroxylation sites is 1. The topological polar surface area (TPSA) is 150 Å². The van der Waals surface area contributed by atoms with Crippen LogP contribution in [-0.4, -0.2) is 89.9 Å². The minimum atomic E-state index is -0.924. The number of methoxy groups -OCH3 is 1. The van der Waals surface area contributed by atoms with Crippen LogP contribution in [0.4, 0.5) is 5.69 Å². The van der Waals surface area contributed by atoms with Crippen molar-refractivity contribution in [2.75, 3.05) is 46.0 Å². The summed E-state index contributed by atoms with van der Waals surface area (Å²) in [5.74, 6) is -1.00. The number of nitro groups is 1. The molecule has 2 aliphatic heterocycles. The molecule has 0 aliphatic carbocycles. The lowest BCUT2D eigenvalue weighted by molar-refractivity contribution is -0.384. The Morgan fingerprint density at radius 2 is 1.81 bits per heavy atom. The van der Waals surface area contributed by atoms with Gasteiger partial charge in [-0.3, -0.25) is 24.6 Å². The SMILES string of the molecule is COCSC1C(NC(=O)COc2ccccc2)C(=O)N1/C(C(=O)OCc1ccc([N+](=O)[O-])cc1)=C(/C)N1CCOCC1. The normalized spacial score (nSPS) is 19.0. The van der Waals surface area contributed by atoms with Gasteiger partial charge in [-0.1, -0.05) is 18.2 Å². The highest BCUT2D eigenvalue weighted by Crippen LogP contribution is 2.36. The Hall–Kier alpha value is -4.14. The van der Waals surface area contributed by atoms with Crippen LogP contribution in [0.25, 0.3) is 0 Å². The molecule has 13 nitrogen and oxygen atoms in total. The molecule has 1 N–H and O–H groups in total. The molecule has 2 aromatic carbocycles. The van der Waals surface area contributed by atoms with Gasteiger partial charge in [0.05, 0.1) is 24.1 Å². The molecule has 2 unspecified atom stereocenters. The minimum Gasteiger partial charge on any atom is -0.484 e. The maximum atomic E-state index is 13.6. The van der Waals surface area contributed by atoms with E-state index in [0.717, 1.165) is 0 Å². The van der Waals surface area contributed by atoms with Crippen LogP contribution >= 0.6 is 11.8 Å². The molecule has 224 valence electrons. The number of hydrogen-bond acceptors (Lipinski definition) is 11. The predicted octanol–water partition coefficient (Wildman–Crippen LogP) is 2.27. The highest BCUT2D eigenvalue weighted by molar-refractivity contribution is 7.99. The third-order valence-corrected chi connectivity index (χ3v) is 7.81. The van der Waals surface area contributed by atoms with Crippen molar-refractivity contribution in [1.29, 1.82) is 0 Å². The van der Waals surface area contributed by atoms with Crippen molar-refractivity contribution in [3.8, 4) is 5.75 Å². The summed E-state index contributed by atoms with van der Waals surface area (Å²) in [5.41, 5.74) is 1.03. The first kappa shape index (κ1) is 30.8. The van der Waals surface area contributed by atoms with Crippen LogP contribution in [0.3, 0.4) is 0 Å². The van der Waals surface area contributed by atoms with Gasteiger partial charge in [-0.25, -0.2) is 4.79 Å². The second kappa shape index (κ2) is 14.7. The number of nitrogens with one attached hydrogen (secondary N) is 1. The van der Waals surface area contributed by atoms with Gasteiger partial charge in [0.2, 0.25) is 0 Å². The molecule has 14 heteroatoms. The molecule has 2 atom stereocenters. The van der Waals surface area contributed by atoms with E-state index in [-0.39, 0.29) is 30.5 Å². The van der Waals surface area contributed by atoms with Crippen LogP contribution in [0, 0.1) is 10.1 Å². The molecule has 0 bridgehead atoms. The van der Waals surface area contributed by atoms with Gasteiger partial charge in [-0.05, 0) is 36.8 Å². The summed E-state index contributed by atoms with van der Waals surface area (Å²) in [4.78, 5) is 53.5. The standard InChI is InChI=1S/C28H32N4O9S/c1-19(30-12-14-39-15-13-30)25(28(35)41-16-20-8-10-21(11-9-20)32(36)37)31-26(34)24(27(31)42-18-38-2)29-23(33)17-40-22-6-4-3-5-7-22/h3-11,24,27H,12-18H2,1-2H3,(H,29,33)/b25-19-. The molecule has 2 amide bonds. The van der Waals surface area contributed by atoms with Crippen molar-refractivity contribution in [2.45, 2.75) is 24.9 Å². The Balaban J connectivity index is 1.52. The van der Waals surface area contributed by atoms with Crippen LogP contribution in [-0.2, 0) is 35.2 Å². The van der Waals surface area contributed by atoms with Gasteiger partial charge in [-0.15, -0.1) is 11.8 Å². The highest BCUT2D eigenvalue weighted by Gasteiger charge is 2.52. The number of amides is 2. The number of carbonyl (C=O) groups excluding carboxylic acids is 3. The smallest absolute Gasteiger partial charge is 0.357 e. The number of nitrogens with zero attached hydrogens (tertiary/aromatic N) is 3. The molecule has 2 heterocycles. The summed E-state index contributed by atoms with van der Waals surface area (Å²) >= 11 is 1.25. The van der Waals surface area contributed by atoms with E-state index in [4.69, 9.17) is 18.9 Å². The number of ether oxygens (including phenoxy) is 4. The van der Waals surface area contributed by atoms with Crippen molar-refractivity contribution in [3.63, 3.8) is 0 Å². The summed E-state index contributed by atoms with van der Waals surface area (Å²) in [6, 6.07) is 13.5. The largest absolute Gasteiger partial charge is 0.484 e.